The van der Waals surface area contributed by atoms with Gasteiger partial charge in [0.1, 0.15) is 0 Å². The summed E-state index contributed by atoms with van der Waals surface area (Å²) >= 11 is 5.16. The van der Waals surface area contributed by atoms with Crippen LogP contribution in [-0.4, -0.2) is 29.6 Å². The first kappa shape index (κ1) is 10.3. The molecule has 0 radical (unpaired) electrons. The fourth-order valence-corrected chi connectivity index (χ4v) is 1.29. The Labute approximate surface area is 84.7 Å². The summed E-state index contributed by atoms with van der Waals surface area (Å²) in [6.45, 7) is 2.60. The van der Waals surface area contributed by atoms with Crippen molar-refractivity contribution in [2.45, 2.75) is 25.8 Å². The third-order valence-electron chi connectivity index (χ3n) is 2.02. The minimum absolute atomic E-state index is 0.0314. The molecule has 4 heteroatoms. The van der Waals surface area contributed by atoms with Crippen LogP contribution in [0.25, 0.3) is 0 Å². The van der Waals surface area contributed by atoms with Crippen molar-refractivity contribution in [3.63, 3.8) is 0 Å². The number of nitrogens with zero attached hydrogens (tertiary/aromatic N) is 2. The molecule has 72 valence electrons. The third kappa shape index (κ3) is 3.60. The summed E-state index contributed by atoms with van der Waals surface area (Å²) in [6.07, 6.45) is 2.45. The minimum Gasteiger partial charge on any atom is -0.360 e. The largest absolute Gasteiger partial charge is 0.360 e. The average molecular weight is 197 g/mol. The molecule has 0 aromatic carbocycles. The van der Waals surface area contributed by atoms with Gasteiger partial charge in [0, 0.05) is 19.6 Å². The molecule has 1 atom stereocenters. The Hall–Kier alpha value is -0.820. The molecule has 0 bridgehead atoms. The van der Waals surface area contributed by atoms with E-state index in [0.717, 1.165) is 5.11 Å². The van der Waals surface area contributed by atoms with Crippen molar-refractivity contribution in [1.29, 1.82) is 5.26 Å². The predicted octanol–water partition coefficient (Wildman–Crippen LogP) is 1.11. The van der Waals surface area contributed by atoms with Crippen LogP contribution in [0.2, 0.25) is 0 Å². The lowest BCUT2D eigenvalue weighted by molar-refractivity contribution is 0.446. The predicted molar refractivity (Wildman–Crippen MR) is 56.2 cm³/mol. The molecule has 1 aliphatic carbocycles. The third-order valence-corrected chi connectivity index (χ3v) is 2.45. The van der Waals surface area contributed by atoms with E-state index in [-0.39, 0.29) is 5.92 Å². The van der Waals surface area contributed by atoms with Crippen LogP contribution in [0.3, 0.4) is 0 Å². The highest BCUT2D eigenvalue weighted by molar-refractivity contribution is 7.80. The van der Waals surface area contributed by atoms with Crippen LogP contribution >= 0.6 is 12.2 Å². The fourth-order valence-electron chi connectivity index (χ4n) is 1.05. The lowest BCUT2D eigenvalue weighted by Gasteiger charge is -2.21. The quantitative estimate of drug-likeness (QED) is 0.688. The number of rotatable bonds is 3. The fraction of sp³-hybridized carbons (Fsp3) is 0.778. The highest BCUT2D eigenvalue weighted by Crippen LogP contribution is 2.18. The van der Waals surface area contributed by atoms with Gasteiger partial charge in [-0.15, -0.1) is 0 Å². The van der Waals surface area contributed by atoms with Crippen molar-refractivity contribution in [1.82, 2.24) is 10.2 Å². The summed E-state index contributed by atoms with van der Waals surface area (Å²) in [7, 11) is 1.92. The van der Waals surface area contributed by atoms with Gasteiger partial charge in [-0.1, -0.05) is 0 Å². The van der Waals surface area contributed by atoms with Gasteiger partial charge in [-0.25, -0.2) is 0 Å². The molecule has 0 aromatic heterocycles. The van der Waals surface area contributed by atoms with Gasteiger partial charge >= 0.3 is 0 Å². The first-order chi connectivity index (χ1) is 6.13. The zero-order valence-electron chi connectivity index (χ0n) is 8.08. The Morgan fingerprint density at radius 3 is 2.85 bits per heavy atom. The van der Waals surface area contributed by atoms with Gasteiger partial charge in [0.05, 0.1) is 12.0 Å². The molecule has 0 spiro atoms. The zero-order chi connectivity index (χ0) is 9.84. The second-order valence-corrected chi connectivity index (χ2v) is 4.02. The molecule has 0 aromatic rings. The molecule has 3 nitrogen and oxygen atoms in total. The van der Waals surface area contributed by atoms with Crippen LogP contribution in [0, 0.1) is 17.2 Å². The summed E-state index contributed by atoms with van der Waals surface area (Å²) < 4.78 is 0. The molecule has 13 heavy (non-hydrogen) atoms. The Morgan fingerprint density at radius 2 is 2.38 bits per heavy atom. The van der Waals surface area contributed by atoms with E-state index >= 15 is 0 Å². The van der Waals surface area contributed by atoms with Crippen LogP contribution in [0.15, 0.2) is 0 Å². The molecule has 0 saturated heterocycles. The van der Waals surface area contributed by atoms with Gasteiger partial charge in [-0.3, -0.25) is 0 Å². The number of nitrogens with one attached hydrogen (secondary N) is 1. The molecule has 1 saturated carbocycles. The molecule has 1 fully saturated rings. The Bertz CT molecular complexity index is 230. The second kappa shape index (κ2) is 4.43. The van der Waals surface area contributed by atoms with Crippen molar-refractivity contribution in [2.75, 3.05) is 13.6 Å². The maximum atomic E-state index is 8.62. The average Bonchev–Trinajstić information content (AvgIpc) is 2.87. The van der Waals surface area contributed by atoms with Crippen LogP contribution in [0.4, 0.5) is 0 Å². The van der Waals surface area contributed by atoms with E-state index < -0.39 is 0 Å². The summed E-state index contributed by atoms with van der Waals surface area (Å²) in [4.78, 5) is 1.93. The van der Waals surface area contributed by atoms with Crippen molar-refractivity contribution < 1.29 is 0 Å². The number of hydrogen-bond donors (Lipinski definition) is 1. The molecule has 0 amide bonds. The molecule has 1 N–H and O–H groups in total. The SMILES string of the molecule is CC(C#N)CN(C)C(=S)NC1CC1. The second-order valence-electron chi connectivity index (χ2n) is 3.63. The van der Waals surface area contributed by atoms with Crippen molar-refractivity contribution in [2.24, 2.45) is 5.92 Å². The molecular formula is C9H15N3S. The monoisotopic (exact) mass is 197 g/mol. The van der Waals surface area contributed by atoms with Crippen LogP contribution in [0.5, 0.6) is 0 Å². The lowest BCUT2D eigenvalue weighted by Crippen LogP contribution is -2.40. The minimum atomic E-state index is 0.0314. The summed E-state index contributed by atoms with van der Waals surface area (Å²) in [5, 5.41) is 12.6. The zero-order valence-corrected chi connectivity index (χ0v) is 8.90. The number of hydrogen-bond acceptors (Lipinski definition) is 2. The van der Waals surface area contributed by atoms with Crippen molar-refractivity contribution in [3.05, 3.63) is 0 Å². The normalized spacial score (nSPS) is 17.3. The van der Waals surface area contributed by atoms with Gasteiger partial charge < -0.3 is 10.2 Å². The van der Waals surface area contributed by atoms with Crippen LogP contribution < -0.4 is 5.32 Å². The van der Waals surface area contributed by atoms with E-state index in [1.807, 2.05) is 18.9 Å². The molecule has 1 unspecified atom stereocenters. The Morgan fingerprint density at radius 1 is 1.77 bits per heavy atom. The smallest absolute Gasteiger partial charge is 0.168 e. The van der Waals surface area contributed by atoms with Gasteiger partial charge in [0.25, 0.3) is 0 Å². The van der Waals surface area contributed by atoms with Crippen molar-refractivity contribution in [3.8, 4) is 6.07 Å². The van der Waals surface area contributed by atoms with E-state index in [9.17, 15) is 0 Å². The molecule has 0 heterocycles. The summed E-state index contributed by atoms with van der Waals surface area (Å²) in [5.74, 6) is 0.0314. The first-order valence-corrected chi connectivity index (χ1v) is 4.95. The van der Waals surface area contributed by atoms with Gasteiger partial charge in [-0.05, 0) is 32.0 Å². The molecule has 1 rings (SSSR count). The maximum absolute atomic E-state index is 8.62. The summed E-state index contributed by atoms with van der Waals surface area (Å²) in [6, 6.07) is 2.78. The van der Waals surface area contributed by atoms with Crippen LogP contribution in [0.1, 0.15) is 19.8 Å². The van der Waals surface area contributed by atoms with Crippen molar-refractivity contribution >= 4 is 17.3 Å². The number of nitriles is 1. The van der Waals surface area contributed by atoms with Gasteiger partial charge in [-0.2, -0.15) is 5.26 Å². The standard InChI is InChI=1S/C9H15N3S/c1-7(5-10)6-12(2)9(13)11-8-3-4-8/h7-8H,3-4,6H2,1-2H3,(H,11,13). The molecular weight excluding hydrogens is 182 g/mol. The topological polar surface area (TPSA) is 39.1 Å². The van der Waals surface area contributed by atoms with Crippen LogP contribution in [-0.2, 0) is 0 Å². The van der Waals surface area contributed by atoms with Gasteiger partial charge in [0.15, 0.2) is 5.11 Å². The van der Waals surface area contributed by atoms with E-state index in [1.165, 1.54) is 12.8 Å². The summed E-state index contributed by atoms with van der Waals surface area (Å²) in [5.41, 5.74) is 0. The van der Waals surface area contributed by atoms with E-state index in [0.29, 0.717) is 12.6 Å². The number of thiocarbonyl (C=S) groups is 1. The van der Waals surface area contributed by atoms with E-state index in [1.54, 1.807) is 0 Å². The van der Waals surface area contributed by atoms with Gasteiger partial charge in [0.2, 0.25) is 0 Å². The molecule has 0 aliphatic heterocycles. The maximum Gasteiger partial charge on any atom is 0.168 e. The van der Waals surface area contributed by atoms with E-state index in [2.05, 4.69) is 11.4 Å². The molecule has 1 aliphatic rings. The lowest BCUT2D eigenvalue weighted by atomic mass is 10.2. The Balaban J connectivity index is 2.24. The highest BCUT2D eigenvalue weighted by Gasteiger charge is 2.23. The van der Waals surface area contributed by atoms with E-state index in [4.69, 9.17) is 17.5 Å². The Kier molecular flexibility index (Phi) is 3.49. The highest BCUT2D eigenvalue weighted by atomic mass is 32.1. The first-order valence-electron chi connectivity index (χ1n) is 4.54.